The number of carbonyl (C=O) groups excluding carboxylic acids is 1. The minimum Gasteiger partial charge on any atom is -0.478 e. The van der Waals surface area contributed by atoms with Crippen molar-refractivity contribution < 1.29 is 14.7 Å². The number of hydrogen-bond donors (Lipinski definition) is 2. The van der Waals surface area contributed by atoms with Gasteiger partial charge in [0, 0.05) is 25.3 Å². The molecule has 0 spiro atoms. The topological polar surface area (TPSA) is 82.5 Å². The van der Waals surface area contributed by atoms with Crippen LogP contribution in [0, 0.1) is 0 Å². The van der Waals surface area contributed by atoms with Gasteiger partial charge < -0.3 is 15.3 Å². The average molecular weight is 353 g/mol. The number of aromatic nitrogens is 1. The van der Waals surface area contributed by atoms with Crippen molar-refractivity contribution in [2.45, 2.75) is 31.8 Å². The van der Waals surface area contributed by atoms with Gasteiger partial charge in [-0.1, -0.05) is 30.3 Å². The maximum atomic E-state index is 12.6. The molecule has 0 aliphatic carbocycles. The van der Waals surface area contributed by atoms with Crippen LogP contribution >= 0.6 is 0 Å². The number of rotatable bonds is 7. The molecule has 6 heteroatoms. The molecule has 1 amide bonds. The summed E-state index contributed by atoms with van der Waals surface area (Å²) in [5.74, 6) is -0.900. The van der Waals surface area contributed by atoms with E-state index in [-0.39, 0.29) is 24.1 Å². The van der Waals surface area contributed by atoms with Gasteiger partial charge in [0.05, 0.1) is 17.8 Å². The lowest BCUT2D eigenvalue weighted by molar-refractivity contribution is -0.131. The van der Waals surface area contributed by atoms with E-state index in [0.717, 1.165) is 25.8 Å². The predicted octanol–water partition coefficient (Wildman–Crippen LogP) is 2.10. The van der Waals surface area contributed by atoms with E-state index in [1.165, 1.54) is 23.9 Å². The first kappa shape index (κ1) is 18.1. The SMILES string of the molecule is O=C(O)c1ccnc(CNCC(=O)N2CCCC2Cc2ccccc2)c1. The number of likely N-dealkylation sites (tertiary alicyclic amines) is 1. The van der Waals surface area contributed by atoms with Crippen LogP contribution in [0.3, 0.4) is 0 Å². The summed E-state index contributed by atoms with van der Waals surface area (Å²) >= 11 is 0. The molecule has 0 bridgehead atoms. The number of pyridine rings is 1. The third kappa shape index (κ3) is 4.67. The summed E-state index contributed by atoms with van der Waals surface area (Å²) in [5, 5.41) is 12.1. The normalized spacial score (nSPS) is 16.6. The van der Waals surface area contributed by atoms with Crippen molar-refractivity contribution in [3.05, 3.63) is 65.5 Å². The molecule has 6 nitrogen and oxygen atoms in total. The largest absolute Gasteiger partial charge is 0.478 e. The van der Waals surface area contributed by atoms with Gasteiger partial charge in [-0.25, -0.2) is 4.79 Å². The molecule has 1 unspecified atom stereocenters. The van der Waals surface area contributed by atoms with Gasteiger partial charge in [-0.05, 0) is 37.0 Å². The van der Waals surface area contributed by atoms with E-state index in [1.807, 2.05) is 23.1 Å². The summed E-state index contributed by atoms with van der Waals surface area (Å²) in [6.07, 6.45) is 4.42. The molecule has 3 rings (SSSR count). The molecule has 2 N–H and O–H groups in total. The summed E-state index contributed by atoms with van der Waals surface area (Å²) in [4.78, 5) is 29.6. The van der Waals surface area contributed by atoms with Crippen molar-refractivity contribution in [1.29, 1.82) is 0 Å². The number of carbonyl (C=O) groups is 2. The Bertz CT molecular complexity index is 764. The molecule has 2 aromatic rings. The highest BCUT2D eigenvalue weighted by Gasteiger charge is 2.28. The van der Waals surface area contributed by atoms with Gasteiger partial charge in [0.25, 0.3) is 0 Å². The zero-order valence-electron chi connectivity index (χ0n) is 14.6. The highest BCUT2D eigenvalue weighted by Crippen LogP contribution is 2.21. The zero-order chi connectivity index (χ0) is 18.4. The van der Waals surface area contributed by atoms with Crippen LogP contribution in [0.15, 0.2) is 48.7 Å². The Morgan fingerprint density at radius 2 is 2.04 bits per heavy atom. The highest BCUT2D eigenvalue weighted by atomic mass is 16.4. The summed E-state index contributed by atoms with van der Waals surface area (Å²) in [6.45, 7) is 1.39. The van der Waals surface area contributed by atoms with Crippen LogP contribution in [-0.4, -0.2) is 46.0 Å². The van der Waals surface area contributed by atoms with Crippen molar-refractivity contribution >= 4 is 11.9 Å². The quantitative estimate of drug-likeness (QED) is 0.797. The molecule has 1 atom stereocenters. The summed E-state index contributed by atoms with van der Waals surface area (Å²) < 4.78 is 0. The number of aromatic carboxylic acids is 1. The second-order valence-electron chi connectivity index (χ2n) is 6.52. The van der Waals surface area contributed by atoms with Crippen molar-refractivity contribution in [2.75, 3.05) is 13.1 Å². The molecule has 1 aromatic heterocycles. The number of carboxylic acids is 1. The molecule has 1 aliphatic rings. The second kappa shape index (κ2) is 8.58. The fourth-order valence-electron chi connectivity index (χ4n) is 3.37. The average Bonchev–Trinajstić information content (AvgIpc) is 3.11. The van der Waals surface area contributed by atoms with E-state index in [1.54, 1.807) is 0 Å². The van der Waals surface area contributed by atoms with Crippen molar-refractivity contribution in [2.24, 2.45) is 0 Å². The van der Waals surface area contributed by atoms with E-state index >= 15 is 0 Å². The maximum Gasteiger partial charge on any atom is 0.335 e. The Labute approximate surface area is 152 Å². The fourth-order valence-corrected chi connectivity index (χ4v) is 3.37. The van der Waals surface area contributed by atoms with Crippen LogP contribution in [0.1, 0.15) is 34.5 Å². The number of nitrogens with one attached hydrogen (secondary N) is 1. The molecule has 0 radical (unpaired) electrons. The number of nitrogens with zero attached hydrogens (tertiary/aromatic N) is 2. The summed E-state index contributed by atoms with van der Waals surface area (Å²) in [7, 11) is 0. The third-order valence-corrected chi connectivity index (χ3v) is 4.66. The molecule has 1 aromatic carbocycles. The Morgan fingerprint density at radius 3 is 2.81 bits per heavy atom. The maximum absolute atomic E-state index is 12.6. The van der Waals surface area contributed by atoms with E-state index in [4.69, 9.17) is 5.11 Å². The Kier molecular flexibility index (Phi) is 5.96. The highest BCUT2D eigenvalue weighted by molar-refractivity contribution is 5.87. The molecule has 1 saturated heterocycles. The standard InChI is InChI=1S/C20H23N3O3/c24-19(14-21-13-17-12-16(20(25)26)8-9-22-17)23-10-4-7-18(23)11-15-5-2-1-3-6-15/h1-3,5-6,8-9,12,18,21H,4,7,10-11,13-14H2,(H,25,26). The van der Waals surface area contributed by atoms with E-state index < -0.39 is 5.97 Å². The minimum atomic E-state index is -0.981. The van der Waals surface area contributed by atoms with Gasteiger partial charge in [-0.15, -0.1) is 0 Å². The monoisotopic (exact) mass is 353 g/mol. The molecular weight excluding hydrogens is 330 g/mol. The molecule has 2 heterocycles. The molecule has 136 valence electrons. The molecular formula is C20H23N3O3. The van der Waals surface area contributed by atoms with E-state index in [9.17, 15) is 9.59 Å². The van der Waals surface area contributed by atoms with Gasteiger partial charge in [-0.3, -0.25) is 9.78 Å². The van der Waals surface area contributed by atoms with Crippen LogP contribution in [0.5, 0.6) is 0 Å². The smallest absolute Gasteiger partial charge is 0.335 e. The molecule has 1 aliphatic heterocycles. The van der Waals surface area contributed by atoms with E-state index in [2.05, 4.69) is 22.4 Å². The predicted molar refractivity (Wildman–Crippen MR) is 97.8 cm³/mol. The number of benzene rings is 1. The summed E-state index contributed by atoms with van der Waals surface area (Å²) in [6, 6.07) is 13.5. The molecule has 1 fully saturated rings. The minimum absolute atomic E-state index is 0.0813. The molecule has 0 saturated carbocycles. The first-order chi connectivity index (χ1) is 12.6. The van der Waals surface area contributed by atoms with Crippen molar-refractivity contribution in [3.8, 4) is 0 Å². The lowest BCUT2D eigenvalue weighted by Crippen LogP contribution is -2.41. The van der Waals surface area contributed by atoms with Crippen LogP contribution in [-0.2, 0) is 17.8 Å². The van der Waals surface area contributed by atoms with E-state index in [0.29, 0.717) is 12.2 Å². The van der Waals surface area contributed by atoms with Gasteiger partial charge >= 0.3 is 5.97 Å². The first-order valence-electron chi connectivity index (χ1n) is 8.86. The van der Waals surface area contributed by atoms with Crippen molar-refractivity contribution in [3.63, 3.8) is 0 Å². The zero-order valence-corrected chi connectivity index (χ0v) is 14.6. The summed E-state index contributed by atoms with van der Waals surface area (Å²) in [5.41, 5.74) is 2.06. The lowest BCUT2D eigenvalue weighted by Gasteiger charge is -2.25. The van der Waals surface area contributed by atoms with Crippen LogP contribution in [0.25, 0.3) is 0 Å². The van der Waals surface area contributed by atoms with Crippen LogP contribution in [0.4, 0.5) is 0 Å². The Balaban J connectivity index is 1.51. The van der Waals surface area contributed by atoms with Crippen molar-refractivity contribution in [1.82, 2.24) is 15.2 Å². The second-order valence-corrected chi connectivity index (χ2v) is 6.52. The third-order valence-electron chi connectivity index (χ3n) is 4.66. The van der Waals surface area contributed by atoms with Gasteiger partial charge in [0.15, 0.2) is 0 Å². The lowest BCUT2D eigenvalue weighted by atomic mass is 10.0. The van der Waals surface area contributed by atoms with Crippen LogP contribution in [0.2, 0.25) is 0 Å². The molecule has 26 heavy (non-hydrogen) atoms. The Morgan fingerprint density at radius 1 is 1.23 bits per heavy atom. The first-order valence-corrected chi connectivity index (χ1v) is 8.86. The fraction of sp³-hybridized carbons (Fsp3) is 0.350. The van der Waals surface area contributed by atoms with Gasteiger partial charge in [0.2, 0.25) is 5.91 Å². The Hall–Kier alpha value is -2.73. The number of hydrogen-bond acceptors (Lipinski definition) is 4. The number of amides is 1. The van der Waals surface area contributed by atoms with Crippen LogP contribution < -0.4 is 5.32 Å². The number of carboxylic acid groups (broad SMARTS) is 1. The van der Waals surface area contributed by atoms with Gasteiger partial charge in [0.1, 0.15) is 0 Å². The van der Waals surface area contributed by atoms with Gasteiger partial charge in [-0.2, -0.15) is 0 Å².